The molecule has 0 N–H and O–H groups in total. The molecule has 1 fully saturated rings. The quantitative estimate of drug-likeness (QED) is 0.793. The molecule has 92 valence electrons. The van der Waals surface area contributed by atoms with E-state index >= 15 is 0 Å². The van der Waals surface area contributed by atoms with Crippen LogP contribution in [0.1, 0.15) is 44.6 Å². The van der Waals surface area contributed by atoms with Gasteiger partial charge in [-0.15, -0.1) is 0 Å². The third-order valence-electron chi connectivity index (χ3n) is 3.59. The van der Waals surface area contributed by atoms with Crippen LogP contribution in [0.2, 0.25) is 0 Å². The van der Waals surface area contributed by atoms with Gasteiger partial charge < -0.3 is 4.74 Å². The predicted molar refractivity (Wildman–Crippen MR) is 68.4 cm³/mol. The summed E-state index contributed by atoms with van der Waals surface area (Å²) in [6.45, 7) is 4.88. The van der Waals surface area contributed by atoms with Crippen LogP contribution in [-0.2, 0) is 4.79 Å². The Kier molecular flexibility index (Phi) is 3.82. The van der Waals surface area contributed by atoms with E-state index in [1.54, 1.807) is 0 Å². The lowest BCUT2D eigenvalue weighted by molar-refractivity contribution is -0.120. The molecule has 2 atom stereocenters. The Morgan fingerprint density at radius 3 is 2.76 bits per heavy atom. The van der Waals surface area contributed by atoms with Gasteiger partial charge in [0.2, 0.25) is 0 Å². The lowest BCUT2D eigenvalue weighted by Crippen LogP contribution is -2.10. The number of carbonyl (C=O) groups is 1. The maximum absolute atomic E-state index is 11.6. The first kappa shape index (κ1) is 12.2. The molecule has 2 rings (SSSR count). The summed E-state index contributed by atoms with van der Waals surface area (Å²) in [5.74, 6) is 1.83. The number of hydrogen-bond acceptors (Lipinski definition) is 2. The molecular formula is C15H20O2. The number of Topliss-reactive ketones (excluding diaryl/α,β-unsaturated/α-hetero) is 1. The van der Waals surface area contributed by atoms with E-state index in [9.17, 15) is 4.79 Å². The molecule has 0 aliphatic heterocycles. The fourth-order valence-electron chi connectivity index (χ4n) is 2.55. The van der Waals surface area contributed by atoms with Crippen LogP contribution in [0.25, 0.3) is 0 Å². The number of benzene rings is 1. The number of para-hydroxylation sites is 1. The fourth-order valence-corrected chi connectivity index (χ4v) is 2.55. The van der Waals surface area contributed by atoms with Crippen molar-refractivity contribution in [3.05, 3.63) is 29.8 Å². The van der Waals surface area contributed by atoms with E-state index in [-0.39, 0.29) is 5.92 Å². The minimum Gasteiger partial charge on any atom is -0.493 e. The van der Waals surface area contributed by atoms with Crippen LogP contribution in [-0.4, -0.2) is 12.4 Å². The summed E-state index contributed by atoms with van der Waals surface area (Å²) in [7, 11) is 0. The number of carbonyl (C=O) groups excluding carboxylic acids is 1. The van der Waals surface area contributed by atoms with E-state index in [2.05, 4.69) is 13.0 Å². The van der Waals surface area contributed by atoms with Crippen molar-refractivity contribution < 1.29 is 9.53 Å². The van der Waals surface area contributed by atoms with E-state index in [0.717, 1.165) is 25.2 Å². The van der Waals surface area contributed by atoms with Gasteiger partial charge in [-0.2, -0.15) is 0 Å². The highest BCUT2D eigenvalue weighted by atomic mass is 16.5. The standard InChI is InChI=1S/C15H20O2/c1-3-10-17-15-7-5-4-6-13(15)12-8-9-14(16)11(12)2/h4-7,11-12H,3,8-10H2,1-2H3. The second-order valence-electron chi connectivity index (χ2n) is 4.79. The summed E-state index contributed by atoms with van der Waals surface area (Å²) in [5, 5.41) is 0. The van der Waals surface area contributed by atoms with E-state index in [1.165, 1.54) is 5.56 Å². The first-order valence-corrected chi connectivity index (χ1v) is 6.48. The Labute approximate surface area is 103 Å². The number of ether oxygens (including phenoxy) is 1. The van der Waals surface area contributed by atoms with Crippen molar-refractivity contribution in [2.75, 3.05) is 6.61 Å². The molecule has 0 saturated heterocycles. The van der Waals surface area contributed by atoms with Gasteiger partial charge in [-0.3, -0.25) is 4.79 Å². The van der Waals surface area contributed by atoms with Crippen molar-refractivity contribution in [2.45, 2.75) is 39.0 Å². The SMILES string of the molecule is CCCOc1ccccc1C1CCC(=O)C1C. The molecule has 1 aromatic carbocycles. The Bertz CT molecular complexity index is 398. The summed E-state index contributed by atoms with van der Waals surface area (Å²) in [6.07, 6.45) is 2.69. The number of hydrogen-bond donors (Lipinski definition) is 0. The number of ketones is 1. The first-order valence-electron chi connectivity index (χ1n) is 6.48. The van der Waals surface area contributed by atoms with Crippen LogP contribution in [0.4, 0.5) is 0 Å². The van der Waals surface area contributed by atoms with Gasteiger partial charge >= 0.3 is 0 Å². The van der Waals surface area contributed by atoms with Gasteiger partial charge in [0.25, 0.3) is 0 Å². The van der Waals surface area contributed by atoms with Crippen LogP contribution in [0.5, 0.6) is 5.75 Å². The molecule has 0 aromatic heterocycles. The summed E-state index contributed by atoms with van der Waals surface area (Å²) in [6, 6.07) is 8.14. The first-order chi connectivity index (χ1) is 8.24. The van der Waals surface area contributed by atoms with Gasteiger partial charge in [-0.05, 0) is 30.4 Å². The van der Waals surface area contributed by atoms with E-state index in [0.29, 0.717) is 18.1 Å². The molecule has 0 amide bonds. The summed E-state index contributed by atoms with van der Waals surface area (Å²) < 4.78 is 5.77. The summed E-state index contributed by atoms with van der Waals surface area (Å²) in [5.41, 5.74) is 1.21. The van der Waals surface area contributed by atoms with Crippen LogP contribution in [0, 0.1) is 5.92 Å². The van der Waals surface area contributed by atoms with Crippen molar-refractivity contribution in [3.63, 3.8) is 0 Å². The fraction of sp³-hybridized carbons (Fsp3) is 0.533. The lowest BCUT2D eigenvalue weighted by Gasteiger charge is -2.18. The van der Waals surface area contributed by atoms with Gasteiger partial charge in [0, 0.05) is 12.3 Å². The van der Waals surface area contributed by atoms with Crippen molar-refractivity contribution >= 4 is 5.78 Å². The van der Waals surface area contributed by atoms with E-state index < -0.39 is 0 Å². The highest BCUT2D eigenvalue weighted by Gasteiger charge is 2.33. The molecule has 2 nitrogen and oxygen atoms in total. The molecule has 0 bridgehead atoms. The monoisotopic (exact) mass is 232 g/mol. The molecule has 1 aromatic rings. The van der Waals surface area contributed by atoms with Crippen LogP contribution >= 0.6 is 0 Å². The molecule has 2 heteroatoms. The van der Waals surface area contributed by atoms with Crippen LogP contribution < -0.4 is 4.74 Å². The Hall–Kier alpha value is -1.31. The summed E-state index contributed by atoms with van der Waals surface area (Å²) >= 11 is 0. The Balaban J connectivity index is 2.22. The van der Waals surface area contributed by atoms with Crippen molar-refractivity contribution in [1.82, 2.24) is 0 Å². The molecule has 1 aliphatic rings. The summed E-state index contributed by atoms with van der Waals surface area (Å²) in [4.78, 5) is 11.6. The molecule has 1 aliphatic carbocycles. The van der Waals surface area contributed by atoms with Gasteiger partial charge in [0.15, 0.2) is 0 Å². The normalized spacial score (nSPS) is 24.0. The molecule has 17 heavy (non-hydrogen) atoms. The zero-order chi connectivity index (χ0) is 12.3. The lowest BCUT2D eigenvalue weighted by atomic mass is 9.89. The minimum atomic E-state index is 0.140. The highest BCUT2D eigenvalue weighted by molar-refractivity contribution is 5.84. The Morgan fingerprint density at radius 1 is 1.35 bits per heavy atom. The van der Waals surface area contributed by atoms with Crippen molar-refractivity contribution in [1.29, 1.82) is 0 Å². The van der Waals surface area contributed by atoms with E-state index in [4.69, 9.17) is 4.74 Å². The molecule has 0 radical (unpaired) electrons. The van der Waals surface area contributed by atoms with Crippen LogP contribution in [0.15, 0.2) is 24.3 Å². The molecular weight excluding hydrogens is 212 g/mol. The molecule has 0 spiro atoms. The topological polar surface area (TPSA) is 26.3 Å². The van der Waals surface area contributed by atoms with Gasteiger partial charge in [0.1, 0.15) is 11.5 Å². The Morgan fingerprint density at radius 2 is 2.12 bits per heavy atom. The number of rotatable bonds is 4. The second-order valence-corrected chi connectivity index (χ2v) is 4.79. The third-order valence-corrected chi connectivity index (χ3v) is 3.59. The maximum atomic E-state index is 11.6. The smallest absolute Gasteiger partial charge is 0.136 e. The van der Waals surface area contributed by atoms with Crippen molar-refractivity contribution in [2.24, 2.45) is 5.92 Å². The largest absolute Gasteiger partial charge is 0.493 e. The zero-order valence-electron chi connectivity index (χ0n) is 10.6. The average Bonchev–Trinajstić information content (AvgIpc) is 2.68. The maximum Gasteiger partial charge on any atom is 0.136 e. The molecule has 2 unspecified atom stereocenters. The van der Waals surface area contributed by atoms with Crippen molar-refractivity contribution in [3.8, 4) is 5.75 Å². The molecule has 0 heterocycles. The molecule has 1 saturated carbocycles. The minimum absolute atomic E-state index is 0.140. The van der Waals surface area contributed by atoms with Gasteiger partial charge in [-0.25, -0.2) is 0 Å². The predicted octanol–water partition coefficient (Wildman–Crippen LogP) is 3.56. The second kappa shape index (κ2) is 5.35. The van der Waals surface area contributed by atoms with E-state index in [1.807, 2.05) is 25.1 Å². The van der Waals surface area contributed by atoms with Gasteiger partial charge in [0.05, 0.1) is 6.61 Å². The zero-order valence-corrected chi connectivity index (χ0v) is 10.6. The van der Waals surface area contributed by atoms with Crippen LogP contribution in [0.3, 0.4) is 0 Å². The third kappa shape index (κ3) is 2.51. The van der Waals surface area contributed by atoms with Gasteiger partial charge in [-0.1, -0.05) is 32.0 Å². The highest BCUT2D eigenvalue weighted by Crippen LogP contribution is 2.40. The average molecular weight is 232 g/mol.